The SMILES string of the molecule is CN(CCCCCCCCCBr)CC1(O)CCOCC1. The summed E-state index contributed by atoms with van der Waals surface area (Å²) in [6.07, 6.45) is 10.9. The highest BCUT2D eigenvalue weighted by Crippen LogP contribution is 2.21. The Labute approximate surface area is 133 Å². The zero-order valence-electron chi connectivity index (χ0n) is 13.1. The van der Waals surface area contributed by atoms with Crippen molar-refractivity contribution in [3.8, 4) is 0 Å². The molecule has 0 aromatic carbocycles. The van der Waals surface area contributed by atoms with Crippen LogP contribution in [-0.4, -0.2) is 54.3 Å². The molecule has 0 unspecified atom stereocenters. The molecule has 0 bridgehead atoms. The molecule has 0 aromatic rings. The van der Waals surface area contributed by atoms with Gasteiger partial charge in [-0.2, -0.15) is 0 Å². The molecule has 0 aliphatic carbocycles. The van der Waals surface area contributed by atoms with Crippen LogP contribution in [0.3, 0.4) is 0 Å². The molecule has 1 aliphatic rings. The average molecular weight is 350 g/mol. The molecular formula is C16H32BrNO2. The molecule has 120 valence electrons. The molecule has 0 aromatic heterocycles. The van der Waals surface area contributed by atoms with Gasteiger partial charge in [-0.1, -0.05) is 48.0 Å². The Bertz CT molecular complexity index is 233. The Kier molecular flexibility index (Phi) is 10.1. The van der Waals surface area contributed by atoms with Crippen molar-refractivity contribution < 1.29 is 9.84 Å². The second-order valence-electron chi connectivity index (χ2n) is 6.24. The standard InChI is InChI=1S/C16H32BrNO2/c1-18(15-16(19)9-13-20-14-10-16)12-8-6-4-2-3-5-7-11-17/h19H,2-15H2,1H3. The van der Waals surface area contributed by atoms with Crippen molar-refractivity contribution in [3.05, 3.63) is 0 Å². The maximum absolute atomic E-state index is 10.4. The van der Waals surface area contributed by atoms with E-state index >= 15 is 0 Å². The normalized spacial score (nSPS) is 18.6. The van der Waals surface area contributed by atoms with Crippen LogP contribution in [0.1, 0.15) is 57.8 Å². The van der Waals surface area contributed by atoms with Crippen LogP contribution >= 0.6 is 15.9 Å². The number of ether oxygens (including phenoxy) is 1. The Hall–Kier alpha value is 0.360. The van der Waals surface area contributed by atoms with E-state index in [-0.39, 0.29) is 0 Å². The van der Waals surface area contributed by atoms with Crippen LogP contribution in [0.15, 0.2) is 0 Å². The fourth-order valence-corrected chi connectivity index (χ4v) is 3.25. The lowest BCUT2D eigenvalue weighted by molar-refractivity contribution is -0.0769. The fraction of sp³-hybridized carbons (Fsp3) is 1.00. The summed E-state index contributed by atoms with van der Waals surface area (Å²) in [5.74, 6) is 0. The molecule has 4 heteroatoms. The first-order valence-electron chi connectivity index (χ1n) is 8.21. The predicted molar refractivity (Wildman–Crippen MR) is 88.6 cm³/mol. The van der Waals surface area contributed by atoms with Gasteiger partial charge in [0.15, 0.2) is 0 Å². The third-order valence-corrected chi connectivity index (χ3v) is 4.72. The summed E-state index contributed by atoms with van der Waals surface area (Å²) < 4.78 is 5.32. The second kappa shape index (κ2) is 11.0. The number of nitrogens with zero attached hydrogens (tertiary/aromatic N) is 1. The second-order valence-corrected chi connectivity index (χ2v) is 7.03. The molecule has 1 N–H and O–H groups in total. The number of hydrogen-bond acceptors (Lipinski definition) is 3. The van der Waals surface area contributed by atoms with Crippen LogP contribution < -0.4 is 0 Å². The largest absolute Gasteiger partial charge is 0.388 e. The van der Waals surface area contributed by atoms with E-state index in [4.69, 9.17) is 4.74 Å². The summed E-state index contributed by atoms with van der Waals surface area (Å²) in [4.78, 5) is 2.29. The van der Waals surface area contributed by atoms with Crippen molar-refractivity contribution in [2.24, 2.45) is 0 Å². The highest BCUT2D eigenvalue weighted by atomic mass is 79.9. The predicted octanol–water partition coefficient (Wildman–Crippen LogP) is 3.59. The molecule has 1 rings (SSSR count). The summed E-state index contributed by atoms with van der Waals surface area (Å²) in [6.45, 7) is 3.31. The third kappa shape index (κ3) is 8.60. The van der Waals surface area contributed by atoms with E-state index in [9.17, 15) is 5.11 Å². The molecule has 1 saturated heterocycles. The first kappa shape index (κ1) is 18.4. The number of halogens is 1. The van der Waals surface area contributed by atoms with Gasteiger partial charge in [0, 0.05) is 37.9 Å². The van der Waals surface area contributed by atoms with E-state index in [1.807, 2.05) is 0 Å². The quantitative estimate of drug-likeness (QED) is 0.457. The van der Waals surface area contributed by atoms with Gasteiger partial charge in [0.2, 0.25) is 0 Å². The van der Waals surface area contributed by atoms with Crippen LogP contribution in [-0.2, 0) is 4.74 Å². The maximum Gasteiger partial charge on any atom is 0.0817 e. The molecule has 0 amide bonds. The van der Waals surface area contributed by atoms with Gasteiger partial charge in [0.05, 0.1) is 5.60 Å². The van der Waals surface area contributed by atoms with Crippen molar-refractivity contribution in [2.45, 2.75) is 63.4 Å². The van der Waals surface area contributed by atoms with E-state index in [0.717, 1.165) is 31.3 Å². The van der Waals surface area contributed by atoms with E-state index in [2.05, 4.69) is 27.9 Å². The van der Waals surface area contributed by atoms with E-state index in [1.54, 1.807) is 0 Å². The van der Waals surface area contributed by atoms with Crippen LogP contribution in [0.4, 0.5) is 0 Å². The number of rotatable bonds is 11. The summed E-state index contributed by atoms with van der Waals surface area (Å²) in [5, 5.41) is 11.6. The zero-order valence-corrected chi connectivity index (χ0v) is 14.7. The minimum absolute atomic E-state index is 0.511. The lowest BCUT2D eigenvalue weighted by Crippen LogP contribution is -2.45. The molecule has 1 aliphatic heterocycles. The van der Waals surface area contributed by atoms with E-state index in [1.165, 1.54) is 44.9 Å². The molecule has 0 radical (unpaired) electrons. The topological polar surface area (TPSA) is 32.7 Å². The van der Waals surface area contributed by atoms with Gasteiger partial charge in [0.1, 0.15) is 0 Å². The van der Waals surface area contributed by atoms with Gasteiger partial charge >= 0.3 is 0 Å². The number of likely N-dealkylation sites (N-methyl/N-ethyl adjacent to an activating group) is 1. The molecule has 1 fully saturated rings. The molecule has 0 saturated carbocycles. The van der Waals surface area contributed by atoms with Crippen LogP contribution in [0.2, 0.25) is 0 Å². The lowest BCUT2D eigenvalue weighted by atomic mass is 9.94. The minimum atomic E-state index is -0.511. The fourth-order valence-electron chi connectivity index (χ4n) is 2.85. The number of aliphatic hydroxyl groups is 1. The summed E-state index contributed by atoms with van der Waals surface area (Å²) in [7, 11) is 2.13. The summed E-state index contributed by atoms with van der Waals surface area (Å²) in [5.41, 5.74) is -0.511. The molecule has 1 heterocycles. The number of alkyl halides is 1. The Morgan fingerprint density at radius 2 is 1.55 bits per heavy atom. The minimum Gasteiger partial charge on any atom is -0.388 e. The third-order valence-electron chi connectivity index (χ3n) is 4.16. The average Bonchev–Trinajstić information content (AvgIpc) is 2.42. The van der Waals surface area contributed by atoms with Gasteiger partial charge in [-0.3, -0.25) is 0 Å². The Morgan fingerprint density at radius 1 is 1.00 bits per heavy atom. The highest BCUT2D eigenvalue weighted by molar-refractivity contribution is 9.09. The smallest absolute Gasteiger partial charge is 0.0817 e. The van der Waals surface area contributed by atoms with Gasteiger partial charge in [-0.05, 0) is 26.4 Å². The molecule has 20 heavy (non-hydrogen) atoms. The van der Waals surface area contributed by atoms with Crippen molar-refractivity contribution >= 4 is 15.9 Å². The van der Waals surface area contributed by atoms with Gasteiger partial charge in [-0.25, -0.2) is 0 Å². The zero-order chi connectivity index (χ0) is 14.7. The molecular weight excluding hydrogens is 318 g/mol. The van der Waals surface area contributed by atoms with Gasteiger partial charge in [0.25, 0.3) is 0 Å². The highest BCUT2D eigenvalue weighted by Gasteiger charge is 2.30. The Morgan fingerprint density at radius 3 is 2.15 bits per heavy atom. The monoisotopic (exact) mass is 349 g/mol. The Balaban J connectivity index is 1.95. The lowest BCUT2D eigenvalue weighted by Gasteiger charge is -2.35. The van der Waals surface area contributed by atoms with Crippen molar-refractivity contribution in [1.82, 2.24) is 4.90 Å². The van der Waals surface area contributed by atoms with Crippen molar-refractivity contribution in [3.63, 3.8) is 0 Å². The van der Waals surface area contributed by atoms with Crippen molar-refractivity contribution in [1.29, 1.82) is 0 Å². The number of hydrogen-bond donors (Lipinski definition) is 1. The molecule has 0 atom stereocenters. The van der Waals surface area contributed by atoms with Crippen molar-refractivity contribution in [2.75, 3.05) is 38.7 Å². The summed E-state index contributed by atoms with van der Waals surface area (Å²) >= 11 is 3.47. The van der Waals surface area contributed by atoms with Crippen LogP contribution in [0, 0.1) is 0 Å². The summed E-state index contributed by atoms with van der Waals surface area (Å²) in [6, 6.07) is 0. The maximum atomic E-state index is 10.4. The molecule has 0 spiro atoms. The van der Waals surface area contributed by atoms with Gasteiger partial charge < -0.3 is 14.7 Å². The van der Waals surface area contributed by atoms with Crippen LogP contribution in [0.5, 0.6) is 0 Å². The van der Waals surface area contributed by atoms with Crippen LogP contribution in [0.25, 0.3) is 0 Å². The first-order chi connectivity index (χ1) is 9.66. The number of unbranched alkanes of at least 4 members (excludes halogenated alkanes) is 6. The van der Waals surface area contributed by atoms with Gasteiger partial charge in [-0.15, -0.1) is 0 Å². The first-order valence-corrected chi connectivity index (χ1v) is 9.33. The van der Waals surface area contributed by atoms with E-state index in [0.29, 0.717) is 13.2 Å². The molecule has 3 nitrogen and oxygen atoms in total. The van der Waals surface area contributed by atoms with E-state index < -0.39 is 5.60 Å².